The smallest absolute Gasteiger partial charge is 0.241 e. The van der Waals surface area contributed by atoms with Gasteiger partial charge in [-0.05, 0) is 51.5 Å². The lowest BCUT2D eigenvalue weighted by molar-refractivity contribution is 0.217. The molecule has 1 aliphatic heterocycles. The van der Waals surface area contributed by atoms with E-state index in [0.717, 1.165) is 13.1 Å². The lowest BCUT2D eigenvalue weighted by Crippen LogP contribution is -2.35. The van der Waals surface area contributed by atoms with Crippen LogP contribution in [0.15, 0.2) is 23.2 Å². The van der Waals surface area contributed by atoms with Gasteiger partial charge in [0.2, 0.25) is 10.0 Å². The summed E-state index contributed by atoms with van der Waals surface area (Å²) in [6.07, 6.45) is 3.83. The summed E-state index contributed by atoms with van der Waals surface area (Å²) in [5, 5.41) is 3.28. The van der Waals surface area contributed by atoms with Crippen molar-refractivity contribution in [2.24, 2.45) is 5.92 Å². The number of aromatic nitrogens is 1. The van der Waals surface area contributed by atoms with Gasteiger partial charge in [0.05, 0.1) is 0 Å². The van der Waals surface area contributed by atoms with E-state index >= 15 is 0 Å². The van der Waals surface area contributed by atoms with Crippen molar-refractivity contribution in [1.82, 2.24) is 14.6 Å². The van der Waals surface area contributed by atoms with Crippen molar-refractivity contribution in [3.05, 3.63) is 18.3 Å². The van der Waals surface area contributed by atoms with E-state index in [2.05, 4.69) is 27.0 Å². The first-order valence-corrected chi connectivity index (χ1v) is 8.31. The third kappa shape index (κ3) is 3.91. The third-order valence-electron chi connectivity index (χ3n) is 3.61. The van der Waals surface area contributed by atoms with Crippen molar-refractivity contribution in [1.29, 1.82) is 0 Å². The van der Waals surface area contributed by atoms with E-state index in [1.165, 1.54) is 32.6 Å². The van der Waals surface area contributed by atoms with Crippen LogP contribution >= 0.6 is 0 Å². The Morgan fingerprint density at radius 2 is 2.25 bits per heavy atom. The molecule has 1 aliphatic rings. The molecule has 0 aromatic carbocycles. The summed E-state index contributed by atoms with van der Waals surface area (Å²) in [7, 11) is 0.126. The largest absolute Gasteiger partial charge is 0.370 e. The molecule has 6 nitrogen and oxygen atoms in total. The molecule has 0 spiro atoms. The molecule has 1 aromatic rings. The lowest BCUT2D eigenvalue weighted by Gasteiger charge is -2.29. The number of hydrogen-bond acceptors (Lipinski definition) is 5. The van der Waals surface area contributed by atoms with Crippen LogP contribution in [-0.4, -0.2) is 52.0 Å². The van der Waals surface area contributed by atoms with Crippen LogP contribution in [0.2, 0.25) is 0 Å². The fourth-order valence-corrected chi connectivity index (χ4v) is 3.12. The standard InChI is InChI=1S/C13H22N4O2S/c1-14-20(18,19)12-5-6-13(16-9-12)15-8-11-4-3-7-17(2)10-11/h5-6,9,11,14H,3-4,7-8,10H2,1-2H3,(H,15,16). The minimum Gasteiger partial charge on any atom is -0.370 e. The SMILES string of the molecule is CNS(=O)(=O)c1ccc(NCC2CCCN(C)C2)nc1. The highest BCUT2D eigenvalue weighted by Crippen LogP contribution is 2.16. The number of nitrogens with zero attached hydrogens (tertiary/aromatic N) is 2. The molecule has 1 aromatic heterocycles. The Hall–Kier alpha value is -1.18. The topological polar surface area (TPSA) is 74.3 Å². The Bertz CT molecular complexity index is 530. The molecular formula is C13H22N4O2S. The molecule has 2 heterocycles. The van der Waals surface area contributed by atoms with Gasteiger partial charge in [0.1, 0.15) is 10.7 Å². The second kappa shape index (κ2) is 6.51. The number of likely N-dealkylation sites (tertiary alicyclic amines) is 1. The summed E-state index contributed by atoms with van der Waals surface area (Å²) < 4.78 is 25.4. The van der Waals surface area contributed by atoms with E-state index in [9.17, 15) is 8.42 Å². The zero-order valence-corrected chi connectivity index (χ0v) is 12.8. The monoisotopic (exact) mass is 298 g/mol. The Kier molecular flexibility index (Phi) is 4.95. The van der Waals surface area contributed by atoms with E-state index in [4.69, 9.17) is 0 Å². The van der Waals surface area contributed by atoms with Crippen molar-refractivity contribution in [2.45, 2.75) is 17.7 Å². The number of sulfonamides is 1. The maximum atomic E-state index is 11.6. The first-order chi connectivity index (χ1) is 9.51. The second-order valence-electron chi connectivity index (χ2n) is 5.24. The molecule has 1 atom stereocenters. The van der Waals surface area contributed by atoms with Gasteiger partial charge < -0.3 is 10.2 Å². The molecule has 2 N–H and O–H groups in total. The van der Waals surface area contributed by atoms with Crippen molar-refractivity contribution in [3.63, 3.8) is 0 Å². The van der Waals surface area contributed by atoms with Crippen LogP contribution in [0.4, 0.5) is 5.82 Å². The summed E-state index contributed by atoms with van der Waals surface area (Å²) in [6, 6.07) is 3.27. The van der Waals surface area contributed by atoms with E-state index in [0.29, 0.717) is 11.7 Å². The number of hydrogen-bond donors (Lipinski definition) is 2. The van der Waals surface area contributed by atoms with Gasteiger partial charge in [0, 0.05) is 19.3 Å². The molecule has 20 heavy (non-hydrogen) atoms. The van der Waals surface area contributed by atoms with Gasteiger partial charge in [-0.3, -0.25) is 0 Å². The highest BCUT2D eigenvalue weighted by atomic mass is 32.2. The van der Waals surface area contributed by atoms with Gasteiger partial charge in [-0.25, -0.2) is 18.1 Å². The quantitative estimate of drug-likeness (QED) is 0.839. The van der Waals surface area contributed by atoms with Gasteiger partial charge in [0.15, 0.2) is 0 Å². The Labute approximate surface area is 120 Å². The van der Waals surface area contributed by atoms with Gasteiger partial charge in [0.25, 0.3) is 0 Å². The minimum absolute atomic E-state index is 0.183. The van der Waals surface area contributed by atoms with E-state index in [1.54, 1.807) is 12.1 Å². The second-order valence-corrected chi connectivity index (χ2v) is 7.12. The van der Waals surface area contributed by atoms with Gasteiger partial charge in [-0.1, -0.05) is 0 Å². The molecule has 0 bridgehead atoms. The van der Waals surface area contributed by atoms with Gasteiger partial charge >= 0.3 is 0 Å². The molecule has 0 saturated carbocycles. The molecule has 2 rings (SSSR count). The van der Waals surface area contributed by atoms with Crippen molar-refractivity contribution >= 4 is 15.8 Å². The fraction of sp³-hybridized carbons (Fsp3) is 0.615. The third-order valence-corrected chi connectivity index (χ3v) is 5.01. The zero-order valence-electron chi connectivity index (χ0n) is 12.0. The van der Waals surface area contributed by atoms with Crippen LogP contribution in [-0.2, 0) is 10.0 Å². The number of rotatable bonds is 5. The number of anilines is 1. The summed E-state index contributed by atoms with van der Waals surface area (Å²) in [5.41, 5.74) is 0. The van der Waals surface area contributed by atoms with Crippen LogP contribution in [0.25, 0.3) is 0 Å². The molecular weight excluding hydrogens is 276 g/mol. The molecule has 7 heteroatoms. The number of piperidine rings is 1. The molecule has 0 aliphatic carbocycles. The Morgan fingerprint density at radius 3 is 2.85 bits per heavy atom. The van der Waals surface area contributed by atoms with Crippen LogP contribution in [0.1, 0.15) is 12.8 Å². The lowest BCUT2D eigenvalue weighted by atomic mass is 9.98. The highest BCUT2D eigenvalue weighted by Gasteiger charge is 2.17. The van der Waals surface area contributed by atoms with Crippen molar-refractivity contribution < 1.29 is 8.42 Å². The van der Waals surface area contributed by atoms with Gasteiger partial charge in [-0.15, -0.1) is 0 Å². The Morgan fingerprint density at radius 1 is 1.45 bits per heavy atom. The van der Waals surface area contributed by atoms with Crippen LogP contribution < -0.4 is 10.0 Å². The molecule has 112 valence electrons. The predicted molar refractivity (Wildman–Crippen MR) is 79.2 cm³/mol. The first-order valence-electron chi connectivity index (χ1n) is 6.83. The molecule has 0 radical (unpaired) electrons. The minimum atomic E-state index is -3.40. The van der Waals surface area contributed by atoms with E-state index < -0.39 is 10.0 Å². The maximum absolute atomic E-state index is 11.6. The normalized spacial score (nSPS) is 20.8. The van der Waals surface area contributed by atoms with Crippen LogP contribution in [0.3, 0.4) is 0 Å². The fourth-order valence-electron chi connectivity index (χ4n) is 2.45. The zero-order chi connectivity index (χ0) is 14.6. The van der Waals surface area contributed by atoms with Crippen LogP contribution in [0, 0.1) is 5.92 Å². The average Bonchev–Trinajstić information content (AvgIpc) is 2.46. The summed E-state index contributed by atoms with van der Waals surface area (Å²) in [6.45, 7) is 3.14. The summed E-state index contributed by atoms with van der Waals surface area (Å²) in [5.74, 6) is 1.34. The van der Waals surface area contributed by atoms with Crippen LogP contribution in [0.5, 0.6) is 0 Å². The molecule has 1 saturated heterocycles. The number of pyridine rings is 1. The molecule has 1 unspecified atom stereocenters. The summed E-state index contributed by atoms with van der Waals surface area (Å²) >= 11 is 0. The maximum Gasteiger partial charge on any atom is 0.241 e. The predicted octanol–water partition coefficient (Wildman–Crippen LogP) is 0.743. The highest BCUT2D eigenvalue weighted by molar-refractivity contribution is 7.89. The van der Waals surface area contributed by atoms with Gasteiger partial charge in [-0.2, -0.15) is 0 Å². The summed E-state index contributed by atoms with van der Waals surface area (Å²) in [4.78, 5) is 6.67. The Balaban J connectivity index is 1.91. The van der Waals surface area contributed by atoms with Crippen molar-refractivity contribution in [3.8, 4) is 0 Å². The van der Waals surface area contributed by atoms with E-state index in [-0.39, 0.29) is 4.90 Å². The van der Waals surface area contributed by atoms with E-state index in [1.807, 2.05) is 0 Å². The molecule has 0 amide bonds. The molecule has 1 fully saturated rings. The number of nitrogens with one attached hydrogen (secondary N) is 2. The van der Waals surface area contributed by atoms with Crippen molar-refractivity contribution in [2.75, 3.05) is 39.0 Å². The average molecular weight is 298 g/mol. The first kappa shape index (κ1) is 15.2.